The minimum atomic E-state index is -0.0970. The number of anilines is 1. The SMILES string of the molecule is CC(=O)Nc1ccc(-n2cc(CO)c(C)n2)cc1. The average Bonchev–Trinajstić information content (AvgIpc) is 2.71. The van der Waals surface area contributed by atoms with Gasteiger partial charge in [-0.2, -0.15) is 5.10 Å². The van der Waals surface area contributed by atoms with Gasteiger partial charge in [-0.25, -0.2) is 4.68 Å². The number of carbonyl (C=O) groups excluding carboxylic acids is 1. The number of carbonyl (C=O) groups is 1. The Bertz CT molecular complexity index is 558. The van der Waals surface area contributed by atoms with Gasteiger partial charge in [-0.05, 0) is 31.2 Å². The first-order valence-electron chi connectivity index (χ1n) is 5.64. The van der Waals surface area contributed by atoms with Crippen molar-refractivity contribution in [2.45, 2.75) is 20.5 Å². The van der Waals surface area contributed by atoms with Crippen LogP contribution >= 0.6 is 0 Å². The minimum absolute atomic E-state index is 0.0180. The van der Waals surface area contributed by atoms with Gasteiger partial charge in [0.1, 0.15) is 0 Å². The van der Waals surface area contributed by atoms with Crippen molar-refractivity contribution in [1.29, 1.82) is 0 Å². The number of nitrogens with one attached hydrogen (secondary N) is 1. The van der Waals surface area contributed by atoms with Gasteiger partial charge in [-0.15, -0.1) is 0 Å². The lowest BCUT2D eigenvalue weighted by molar-refractivity contribution is -0.114. The highest BCUT2D eigenvalue weighted by atomic mass is 16.3. The third kappa shape index (κ3) is 2.57. The zero-order chi connectivity index (χ0) is 13.1. The maximum absolute atomic E-state index is 10.9. The topological polar surface area (TPSA) is 67.2 Å². The van der Waals surface area contributed by atoms with Gasteiger partial charge in [0.15, 0.2) is 0 Å². The maximum Gasteiger partial charge on any atom is 0.221 e. The summed E-state index contributed by atoms with van der Waals surface area (Å²) in [5, 5.41) is 16.1. The summed E-state index contributed by atoms with van der Waals surface area (Å²) in [4.78, 5) is 10.9. The van der Waals surface area contributed by atoms with Crippen molar-refractivity contribution in [2.24, 2.45) is 0 Å². The first-order chi connectivity index (χ1) is 8.60. The van der Waals surface area contributed by atoms with Crippen molar-refractivity contribution in [1.82, 2.24) is 9.78 Å². The molecule has 1 aromatic carbocycles. The molecule has 0 aliphatic rings. The van der Waals surface area contributed by atoms with E-state index in [9.17, 15) is 4.79 Å². The molecule has 5 nitrogen and oxygen atoms in total. The summed E-state index contributed by atoms with van der Waals surface area (Å²) in [7, 11) is 0. The number of amides is 1. The van der Waals surface area contributed by atoms with Crippen LogP contribution < -0.4 is 5.32 Å². The van der Waals surface area contributed by atoms with Crippen molar-refractivity contribution in [3.05, 3.63) is 41.7 Å². The number of aliphatic hydroxyl groups excluding tert-OH is 1. The van der Waals surface area contributed by atoms with Crippen LogP contribution in [0.3, 0.4) is 0 Å². The lowest BCUT2D eigenvalue weighted by atomic mass is 10.2. The number of aromatic nitrogens is 2. The van der Waals surface area contributed by atoms with E-state index in [-0.39, 0.29) is 12.5 Å². The van der Waals surface area contributed by atoms with Gasteiger partial charge >= 0.3 is 0 Å². The second-order valence-electron chi connectivity index (χ2n) is 4.07. The van der Waals surface area contributed by atoms with Gasteiger partial charge in [-0.1, -0.05) is 0 Å². The molecule has 0 unspecified atom stereocenters. The Morgan fingerprint density at radius 3 is 2.56 bits per heavy atom. The maximum atomic E-state index is 10.9. The third-order valence-electron chi connectivity index (χ3n) is 2.62. The van der Waals surface area contributed by atoms with E-state index in [1.54, 1.807) is 10.9 Å². The first-order valence-corrected chi connectivity index (χ1v) is 5.64. The fourth-order valence-corrected chi connectivity index (χ4v) is 1.68. The molecule has 0 saturated heterocycles. The van der Waals surface area contributed by atoms with Crippen LogP contribution in [0.4, 0.5) is 5.69 Å². The predicted molar refractivity (Wildman–Crippen MR) is 68.5 cm³/mol. The molecule has 0 atom stereocenters. The molecule has 18 heavy (non-hydrogen) atoms. The summed E-state index contributed by atoms with van der Waals surface area (Å²) in [6.07, 6.45) is 1.79. The third-order valence-corrected chi connectivity index (χ3v) is 2.62. The van der Waals surface area contributed by atoms with Crippen LogP contribution in [-0.2, 0) is 11.4 Å². The van der Waals surface area contributed by atoms with E-state index in [0.29, 0.717) is 0 Å². The van der Waals surface area contributed by atoms with Crippen LogP contribution in [0, 0.1) is 6.92 Å². The molecule has 1 aromatic heterocycles. The molecule has 0 spiro atoms. The molecule has 0 aliphatic carbocycles. The highest BCUT2D eigenvalue weighted by molar-refractivity contribution is 5.88. The van der Waals surface area contributed by atoms with Gasteiger partial charge in [0.05, 0.1) is 18.0 Å². The van der Waals surface area contributed by atoms with Crippen LogP contribution in [0.5, 0.6) is 0 Å². The summed E-state index contributed by atoms with van der Waals surface area (Å²) < 4.78 is 1.71. The Hall–Kier alpha value is -2.14. The van der Waals surface area contributed by atoms with Gasteiger partial charge in [0.2, 0.25) is 5.91 Å². The molecule has 1 amide bonds. The summed E-state index contributed by atoms with van der Waals surface area (Å²) >= 11 is 0. The smallest absolute Gasteiger partial charge is 0.221 e. The summed E-state index contributed by atoms with van der Waals surface area (Å²) in [6.45, 7) is 3.31. The van der Waals surface area contributed by atoms with Gasteiger partial charge in [0, 0.05) is 24.4 Å². The van der Waals surface area contributed by atoms with Crippen molar-refractivity contribution >= 4 is 11.6 Å². The van der Waals surface area contributed by atoms with Gasteiger partial charge in [-0.3, -0.25) is 4.79 Å². The molecule has 5 heteroatoms. The number of hydrogen-bond donors (Lipinski definition) is 2. The fraction of sp³-hybridized carbons (Fsp3) is 0.231. The van der Waals surface area contributed by atoms with Gasteiger partial charge in [0.25, 0.3) is 0 Å². The van der Waals surface area contributed by atoms with Gasteiger partial charge < -0.3 is 10.4 Å². The molecule has 0 radical (unpaired) electrons. The van der Waals surface area contributed by atoms with E-state index in [2.05, 4.69) is 10.4 Å². The average molecular weight is 245 g/mol. The second-order valence-corrected chi connectivity index (χ2v) is 4.07. The Balaban J connectivity index is 2.25. The van der Waals surface area contributed by atoms with E-state index < -0.39 is 0 Å². The minimum Gasteiger partial charge on any atom is -0.392 e. The first kappa shape index (κ1) is 12.3. The number of nitrogens with zero attached hydrogens (tertiary/aromatic N) is 2. The molecule has 94 valence electrons. The van der Waals surface area contributed by atoms with E-state index in [1.165, 1.54) is 6.92 Å². The van der Waals surface area contributed by atoms with E-state index in [1.807, 2.05) is 31.2 Å². The number of benzene rings is 1. The quantitative estimate of drug-likeness (QED) is 0.863. The van der Waals surface area contributed by atoms with Crippen molar-refractivity contribution in [3.63, 3.8) is 0 Å². The molecular formula is C13H15N3O2. The lowest BCUT2D eigenvalue weighted by Gasteiger charge is -2.04. The summed E-state index contributed by atoms with van der Waals surface area (Å²) in [5.74, 6) is -0.0970. The van der Waals surface area contributed by atoms with Crippen molar-refractivity contribution in [2.75, 3.05) is 5.32 Å². The summed E-state index contributed by atoms with van der Waals surface area (Å²) in [6, 6.07) is 7.34. The van der Waals surface area contributed by atoms with E-state index >= 15 is 0 Å². The predicted octanol–water partition coefficient (Wildman–Crippen LogP) is 1.63. The molecule has 0 fully saturated rings. The zero-order valence-electron chi connectivity index (χ0n) is 10.3. The molecule has 2 aromatic rings. The van der Waals surface area contributed by atoms with Crippen LogP contribution in [-0.4, -0.2) is 20.8 Å². The molecular weight excluding hydrogens is 230 g/mol. The normalized spacial score (nSPS) is 10.4. The van der Waals surface area contributed by atoms with Crippen LogP contribution in [0.2, 0.25) is 0 Å². The number of aliphatic hydroxyl groups is 1. The van der Waals surface area contributed by atoms with E-state index in [4.69, 9.17) is 5.11 Å². The number of rotatable bonds is 3. The molecule has 2 N–H and O–H groups in total. The number of hydrogen-bond acceptors (Lipinski definition) is 3. The van der Waals surface area contributed by atoms with Crippen LogP contribution in [0.1, 0.15) is 18.2 Å². The molecule has 0 bridgehead atoms. The largest absolute Gasteiger partial charge is 0.392 e. The number of aryl methyl sites for hydroxylation is 1. The van der Waals surface area contributed by atoms with Crippen LogP contribution in [0.25, 0.3) is 5.69 Å². The Kier molecular flexibility index (Phi) is 3.43. The Morgan fingerprint density at radius 1 is 1.39 bits per heavy atom. The van der Waals surface area contributed by atoms with E-state index in [0.717, 1.165) is 22.6 Å². The van der Waals surface area contributed by atoms with Crippen LogP contribution in [0.15, 0.2) is 30.5 Å². The van der Waals surface area contributed by atoms with Crippen molar-refractivity contribution in [3.8, 4) is 5.69 Å². The molecule has 0 saturated carbocycles. The fourth-order valence-electron chi connectivity index (χ4n) is 1.68. The monoisotopic (exact) mass is 245 g/mol. The summed E-state index contributed by atoms with van der Waals surface area (Å²) in [5.41, 5.74) is 3.24. The Morgan fingerprint density at radius 2 is 2.06 bits per heavy atom. The zero-order valence-corrected chi connectivity index (χ0v) is 10.3. The molecule has 0 aliphatic heterocycles. The highest BCUT2D eigenvalue weighted by Gasteiger charge is 2.05. The highest BCUT2D eigenvalue weighted by Crippen LogP contribution is 2.15. The van der Waals surface area contributed by atoms with Crippen molar-refractivity contribution < 1.29 is 9.90 Å². The Labute approximate surface area is 105 Å². The standard InChI is InChI=1S/C13H15N3O2/c1-9-11(8-17)7-16(15-9)13-5-3-12(4-6-13)14-10(2)18/h3-7,17H,8H2,1-2H3,(H,14,18). The molecule has 1 heterocycles. The molecule has 2 rings (SSSR count). The second kappa shape index (κ2) is 5.01. The lowest BCUT2D eigenvalue weighted by Crippen LogP contribution is -2.05.